The Bertz CT molecular complexity index is 678. The van der Waals surface area contributed by atoms with E-state index in [0.717, 1.165) is 23.2 Å². The molecule has 0 aliphatic heterocycles. The summed E-state index contributed by atoms with van der Waals surface area (Å²) >= 11 is 0. The Morgan fingerprint density at radius 1 is 1.14 bits per heavy atom. The van der Waals surface area contributed by atoms with Crippen molar-refractivity contribution in [1.29, 1.82) is 0 Å². The van der Waals surface area contributed by atoms with Crippen LogP contribution in [-0.4, -0.2) is 5.91 Å². The van der Waals surface area contributed by atoms with Crippen molar-refractivity contribution in [2.24, 2.45) is 5.92 Å². The van der Waals surface area contributed by atoms with Gasteiger partial charge in [-0.05, 0) is 55.5 Å². The number of amides is 1. The fourth-order valence-corrected chi connectivity index (χ4v) is 2.74. The molecule has 21 heavy (non-hydrogen) atoms. The first-order valence-corrected chi connectivity index (χ1v) is 7.18. The first-order valence-electron chi connectivity index (χ1n) is 7.18. The average Bonchev–Trinajstić information content (AvgIpc) is 3.23. The molecule has 1 fully saturated rings. The van der Waals surface area contributed by atoms with Crippen LogP contribution in [0.5, 0.6) is 0 Å². The molecule has 108 valence electrons. The van der Waals surface area contributed by atoms with E-state index in [4.69, 9.17) is 0 Å². The van der Waals surface area contributed by atoms with Crippen LogP contribution in [0.1, 0.15) is 29.0 Å². The highest BCUT2D eigenvalue weighted by Crippen LogP contribution is 2.48. The Labute approximate surface area is 124 Å². The Balaban J connectivity index is 1.66. The maximum absolute atomic E-state index is 12.9. The van der Waals surface area contributed by atoms with Gasteiger partial charge in [0.2, 0.25) is 5.91 Å². The minimum absolute atomic E-state index is 0.00355. The van der Waals surface area contributed by atoms with E-state index >= 15 is 0 Å². The Hall–Kier alpha value is -2.16. The van der Waals surface area contributed by atoms with Crippen LogP contribution in [-0.2, 0) is 4.79 Å². The summed E-state index contributed by atoms with van der Waals surface area (Å²) in [5, 5.41) is 3.00. The monoisotopic (exact) mass is 283 g/mol. The van der Waals surface area contributed by atoms with Gasteiger partial charge in [0.05, 0.1) is 0 Å². The molecule has 0 heterocycles. The SMILES string of the molecule is Cc1ccc(NC(=O)C2CC2c2ccc(F)cc2)c(C)c1. The lowest BCUT2D eigenvalue weighted by Crippen LogP contribution is -2.15. The first-order chi connectivity index (χ1) is 10.0. The summed E-state index contributed by atoms with van der Waals surface area (Å²) in [6, 6.07) is 12.4. The van der Waals surface area contributed by atoms with Crippen molar-refractivity contribution in [3.63, 3.8) is 0 Å². The second-order valence-electron chi connectivity index (χ2n) is 5.81. The summed E-state index contributed by atoms with van der Waals surface area (Å²) in [5.74, 6) is 0.0273. The molecule has 0 bridgehead atoms. The predicted molar refractivity (Wildman–Crippen MR) is 81.8 cm³/mol. The number of hydrogen-bond donors (Lipinski definition) is 1. The molecule has 3 heteroatoms. The van der Waals surface area contributed by atoms with Gasteiger partial charge in [0.1, 0.15) is 5.82 Å². The molecule has 1 aliphatic rings. The van der Waals surface area contributed by atoms with E-state index in [1.54, 1.807) is 12.1 Å². The highest BCUT2D eigenvalue weighted by molar-refractivity contribution is 5.95. The van der Waals surface area contributed by atoms with Gasteiger partial charge in [0, 0.05) is 11.6 Å². The van der Waals surface area contributed by atoms with Crippen LogP contribution >= 0.6 is 0 Å². The van der Waals surface area contributed by atoms with Crippen molar-refractivity contribution in [3.8, 4) is 0 Å². The molecule has 2 aromatic rings. The maximum Gasteiger partial charge on any atom is 0.228 e. The Kier molecular flexibility index (Phi) is 3.50. The van der Waals surface area contributed by atoms with E-state index < -0.39 is 0 Å². The van der Waals surface area contributed by atoms with Crippen molar-refractivity contribution >= 4 is 11.6 Å². The van der Waals surface area contributed by atoms with E-state index in [1.807, 2.05) is 26.0 Å². The van der Waals surface area contributed by atoms with E-state index in [0.29, 0.717) is 0 Å². The molecule has 2 nitrogen and oxygen atoms in total. The summed E-state index contributed by atoms with van der Waals surface area (Å²) in [7, 11) is 0. The first kappa shape index (κ1) is 13.8. The average molecular weight is 283 g/mol. The molecule has 2 unspecified atom stereocenters. The van der Waals surface area contributed by atoms with Crippen LogP contribution in [0.25, 0.3) is 0 Å². The van der Waals surface area contributed by atoms with Crippen molar-refractivity contribution in [3.05, 3.63) is 65.0 Å². The zero-order valence-electron chi connectivity index (χ0n) is 12.2. The van der Waals surface area contributed by atoms with Gasteiger partial charge in [-0.15, -0.1) is 0 Å². The number of benzene rings is 2. The third-order valence-electron chi connectivity index (χ3n) is 4.07. The van der Waals surface area contributed by atoms with Gasteiger partial charge in [-0.3, -0.25) is 4.79 Å². The molecule has 0 aromatic heterocycles. The molecule has 1 amide bonds. The summed E-state index contributed by atoms with van der Waals surface area (Å²) in [6.07, 6.45) is 0.836. The fourth-order valence-electron chi connectivity index (χ4n) is 2.74. The van der Waals surface area contributed by atoms with E-state index in [-0.39, 0.29) is 23.6 Å². The molecular formula is C18H18FNO. The molecule has 1 saturated carbocycles. The lowest BCUT2D eigenvalue weighted by molar-refractivity contribution is -0.117. The number of carbonyl (C=O) groups is 1. The zero-order valence-corrected chi connectivity index (χ0v) is 12.2. The van der Waals surface area contributed by atoms with Gasteiger partial charge in [-0.2, -0.15) is 0 Å². The molecule has 1 N–H and O–H groups in total. The second kappa shape index (κ2) is 5.32. The normalized spacial score (nSPS) is 20.1. The summed E-state index contributed by atoms with van der Waals surface area (Å²) in [6.45, 7) is 4.02. The number of anilines is 1. The minimum Gasteiger partial charge on any atom is -0.326 e. The summed E-state index contributed by atoms with van der Waals surface area (Å²) in [4.78, 5) is 12.3. The molecule has 2 aromatic carbocycles. The molecular weight excluding hydrogens is 265 g/mol. The highest BCUT2D eigenvalue weighted by Gasteiger charge is 2.43. The molecule has 0 saturated heterocycles. The highest BCUT2D eigenvalue weighted by atomic mass is 19.1. The minimum atomic E-state index is -0.240. The lowest BCUT2D eigenvalue weighted by atomic mass is 10.1. The predicted octanol–water partition coefficient (Wildman–Crippen LogP) is 4.18. The molecule has 1 aliphatic carbocycles. The van der Waals surface area contributed by atoms with Crippen molar-refractivity contribution in [1.82, 2.24) is 0 Å². The van der Waals surface area contributed by atoms with Gasteiger partial charge in [0.25, 0.3) is 0 Å². The smallest absolute Gasteiger partial charge is 0.228 e. The molecule has 0 spiro atoms. The van der Waals surface area contributed by atoms with E-state index in [9.17, 15) is 9.18 Å². The van der Waals surface area contributed by atoms with Gasteiger partial charge >= 0.3 is 0 Å². The van der Waals surface area contributed by atoms with Crippen LogP contribution in [0, 0.1) is 25.6 Å². The quantitative estimate of drug-likeness (QED) is 0.899. The lowest BCUT2D eigenvalue weighted by Gasteiger charge is -2.09. The maximum atomic E-state index is 12.9. The van der Waals surface area contributed by atoms with Gasteiger partial charge in [-0.25, -0.2) is 4.39 Å². The van der Waals surface area contributed by atoms with Crippen LogP contribution in [0.15, 0.2) is 42.5 Å². The molecule has 0 radical (unpaired) electrons. The van der Waals surface area contributed by atoms with E-state index in [2.05, 4.69) is 11.4 Å². The third-order valence-corrected chi connectivity index (χ3v) is 4.07. The number of rotatable bonds is 3. The van der Waals surface area contributed by atoms with Crippen LogP contribution in [0.2, 0.25) is 0 Å². The molecule has 3 rings (SSSR count). The van der Waals surface area contributed by atoms with Gasteiger partial charge in [0.15, 0.2) is 0 Å². The zero-order chi connectivity index (χ0) is 15.0. The topological polar surface area (TPSA) is 29.1 Å². The summed E-state index contributed by atoms with van der Waals surface area (Å²) in [5.41, 5.74) is 4.16. The third kappa shape index (κ3) is 2.97. The Morgan fingerprint density at radius 2 is 1.86 bits per heavy atom. The number of hydrogen-bond acceptors (Lipinski definition) is 1. The van der Waals surface area contributed by atoms with Crippen molar-refractivity contribution < 1.29 is 9.18 Å². The van der Waals surface area contributed by atoms with Crippen LogP contribution < -0.4 is 5.32 Å². The number of aryl methyl sites for hydroxylation is 2. The number of halogens is 1. The Morgan fingerprint density at radius 3 is 2.52 bits per heavy atom. The fraction of sp³-hybridized carbons (Fsp3) is 0.278. The van der Waals surface area contributed by atoms with Crippen molar-refractivity contribution in [2.75, 3.05) is 5.32 Å². The standard InChI is InChI=1S/C18H18FNO/c1-11-3-8-17(12(2)9-11)20-18(21)16-10-15(16)13-4-6-14(19)7-5-13/h3-9,15-16H,10H2,1-2H3,(H,20,21). The van der Waals surface area contributed by atoms with Crippen LogP contribution in [0.3, 0.4) is 0 Å². The second-order valence-corrected chi connectivity index (χ2v) is 5.81. The van der Waals surface area contributed by atoms with E-state index in [1.165, 1.54) is 17.7 Å². The van der Waals surface area contributed by atoms with Crippen LogP contribution in [0.4, 0.5) is 10.1 Å². The number of nitrogens with one attached hydrogen (secondary N) is 1. The van der Waals surface area contributed by atoms with Gasteiger partial charge < -0.3 is 5.32 Å². The summed E-state index contributed by atoms with van der Waals surface area (Å²) < 4.78 is 12.9. The number of carbonyl (C=O) groups excluding carboxylic acids is 1. The van der Waals surface area contributed by atoms with Gasteiger partial charge in [-0.1, -0.05) is 29.8 Å². The van der Waals surface area contributed by atoms with Crippen molar-refractivity contribution in [2.45, 2.75) is 26.2 Å². The largest absolute Gasteiger partial charge is 0.326 e. The molecule has 2 atom stereocenters.